The summed E-state index contributed by atoms with van der Waals surface area (Å²) in [5.74, 6) is 0. The molecule has 9 heteroatoms. The summed E-state index contributed by atoms with van der Waals surface area (Å²) in [6.45, 7) is 0.122. The van der Waals surface area contributed by atoms with E-state index in [0.29, 0.717) is 5.69 Å². The molecule has 7 nitrogen and oxygen atoms in total. The highest BCUT2D eigenvalue weighted by molar-refractivity contribution is 7.89. The third-order valence-corrected chi connectivity index (χ3v) is 6.00. The number of carbonyl (C=O) groups excluding carboxylic acids is 1. The minimum absolute atomic E-state index is 0.0975. The monoisotopic (exact) mass is 403 g/mol. The smallest absolute Gasteiger partial charge is 0.411 e. The summed E-state index contributed by atoms with van der Waals surface area (Å²) >= 11 is 1.59. The van der Waals surface area contributed by atoms with Gasteiger partial charge in [0.1, 0.15) is 0 Å². The Morgan fingerprint density at radius 3 is 2.63 bits per heavy atom. The first kappa shape index (κ1) is 19.0. The number of pyridine rings is 1. The number of nitrogens with zero attached hydrogens (tertiary/aromatic N) is 1. The van der Waals surface area contributed by atoms with Crippen molar-refractivity contribution in [2.75, 3.05) is 12.4 Å². The highest BCUT2D eigenvalue weighted by Crippen LogP contribution is 2.24. The quantitative estimate of drug-likeness (QED) is 0.657. The number of hydrogen-bond acceptors (Lipinski definition) is 6. The number of ether oxygens (including phenoxy) is 1. The van der Waals surface area contributed by atoms with E-state index in [1.54, 1.807) is 23.7 Å². The molecule has 2 heterocycles. The van der Waals surface area contributed by atoms with Gasteiger partial charge in [0.25, 0.3) is 0 Å². The third-order valence-electron chi connectivity index (χ3n) is 3.66. The fourth-order valence-electron chi connectivity index (χ4n) is 2.31. The van der Waals surface area contributed by atoms with Crippen LogP contribution in [0.15, 0.2) is 65.1 Å². The summed E-state index contributed by atoms with van der Waals surface area (Å²) in [5.41, 5.74) is 2.14. The molecule has 0 fully saturated rings. The van der Waals surface area contributed by atoms with E-state index in [1.165, 1.54) is 31.4 Å². The molecule has 3 rings (SSSR count). The minimum Gasteiger partial charge on any atom is -0.453 e. The van der Waals surface area contributed by atoms with Crippen molar-refractivity contribution in [3.05, 3.63) is 65.8 Å². The molecule has 0 saturated carbocycles. The second-order valence-electron chi connectivity index (χ2n) is 5.52. The Kier molecular flexibility index (Phi) is 5.84. The fraction of sp³-hybridized carbons (Fsp3) is 0.111. The zero-order valence-electron chi connectivity index (χ0n) is 14.4. The van der Waals surface area contributed by atoms with E-state index in [0.717, 1.165) is 16.0 Å². The molecule has 0 atom stereocenters. The zero-order valence-corrected chi connectivity index (χ0v) is 16.0. The van der Waals surface area contributed by atoms with Crippen LogP contribution in [0.4, 0.5) is 10.5 Å². The Bertz CT molecular complexity index is 1020. The van der Waals surface area contributed by atoms with E-state index in [9.17, 15) is 13.2 Å². The summed E-state index contributed by atoms with van der Waals surface area (Å²) in [7, 11) is -2.44. The molecule has 2 aromatic heterocycles. The lowest BCUT2D eigenvalue weighted by Crippen LogP contribution is -2.23. The van der Waals surface area contributed by atoms with Crippen LogP contribution in [0, 0.1) is 0 Å². The summed E-state index contributed by atoms with van der Waals surface area (Å²) < 4.78 is 32.0. The lowest BCUT2D eigenvalue weighted by atomic mass is 10.2. The number of hydrogen-bond donors (Lipinski definition) is 2. The van der Waals surface area contributed by atoms with Gasteiger partial charge in [0, 0.05) is 35.1 Å². The molecule has 0 spiro atoms. The number of aromatic nitrogens is 1. The van der Waals surface area contributed by atoms with Crippen molar-refractivity contribution in [2.45, 2.75) is 11.4 Å². The van der Waals surface area contributed by atoms with E-state index < -0.39 is 16.1 Å². The lowest BCUT2D eigenvalue weighted by molar-refractivity contribution is 0.187. The Labute approximate surface area is 161 Å². The maximum absolute atomic E-state index is 12.5. The molecule has 2 N–H and O–H groups in total. The topological polar surface area (TPSA) is 97.4 Å². The van der Waals surface area contributed by atoms with Crippen molar-refractivity contribution in [1.29, 1.82) is 0 Å². The third kappa shape index (κ3) is 4.91. The molecule has 0 aliphatic heterocycles. The molecule has 0 radical (unpaired) electrons. The lowest BCUT2D eigenvalue weighted by Gasteiger charge is -2.09. The van der Waals surface area contributed by atoms with Crippen molar-refractivity contribution in [3.63, 3.8) is 0 Å². The summed E-state index contributed by atoms with van der Waals surface area (Å²) in [4.78, 5) is 16.5. The Hall–Kier alpha value is -2.75. The van der Waals surface area contributed by atoms with Crippen molar-refractivity contribution in [1.82, 2.24) is 9.71 Å². The summed E-state index contributed by atoms with van der Waals surface area (Å²) in [6, 6.07) is 11.6. The van der Waals surface area contributed by atoms with E-state index >= 15 is 0 Å². The zero-order chi connectivity index (χ0) is 19.3. The van der Waals surface area contributed by atoms with Crippen LogP contribution in [0.5, 0.6) is 0 Å². The number of benzene rings is 1. The number of anilines is 1. The van der Waals surface area contributed by atoms with Crippen LogP contribution < -0.4 is 10.0 Å². The number of amides is 1. The molecule has 0 bridgehead atoms. The van der Waals surface area contributed by atoms with Gasteiger partial charge >= 0.3 is 6.09 Å². The molecule has 1 aromatic carbocycles. The molecule has 0 unspecified atom stereocenters. The number of rotatable bonds is 6. The van der Waals surface area contributed by atoms with Gasteiger partial charge in [0.05, 0.1) is 12.0 Å². The van der Waals surface area contributed by atoms with Crippen LogP contribution in [0.2, 0.25) is 0 Å². The van der Waals surface area contributed by atoms with Gasteiger partial charge in [-0.1, -0.05) is 6.07 Å². The average molecular weight is 403 g/mol. The van der Waals surface area contributed by atoms with Crippen LogP contribution in [-0.2, 0) is 21.3 Å². The molecule has 0 saturated heterocycles. The maximum atomic E-state index is 12.5. The average Bonchev–Trinajstić information content (AvgIpc) is 3.22. The molecular formula is C18H17N3O4S2. The van der Waals surface area contributed by atoms with Crippen LogP contribution in [0.1, 0.15) is 5.56 Å². The molecule has 3 aromatic rings. The van der Waals surface area contributed by atoms with Crippen LogP contribution >= 0.6 is 11.3 Å². The molecule has 0 aliphatic rings. The minimum atomic E-state index is -3.70. The van der Waals surface area contributed by atoms with Gasteiger partial charge in [0.2, 0.25) is 10.0 Å². The summed E-state index contributed by atoms with van der Waals surface area (Å²) in [6.07, 6.45) is 2.75. The van der Waals surface area contributed by atoms with Crippen molar-refractivity contribution >= 4 is 33.1 Å². The second kappa shape index (κ2) is 8.30. The van der Waals surface area contributed by atoms with E-state index in [4.69, 9.17) is 0 Å². The van der Waals surface area contributed by atoms with E-state index in [2.05, 4.69) is 19.8 Å². The first-order chi connectivity index (χ1) is 13.0. The van der Waals surface area contributed by atoms with Gasteiger partial charge in [-0.25, -0.2) is 17.9 Å². The fourth-order valence-corrected chi connectivity index (χ4v) is 4.04. The Morgan fingerprint density at radius 1 is 1.19 bits per heavy atom. The number of sulfonamides is 1. The number of nitrogens with one attached hydrogen (secondary N) is 2. The Balaban J connectivity index is 1.68. The van der Waals surface area contributed by atoms with E-state index in [1.807, 2.05) is 23.6 Å². The predicted octanol–water partition coefficient (Wildman–Crippen LogP) is 3.47. The van der Waals surface area contributed by atoms with Crippen LogP contribution in [-0.4, -0.2) is 26.6 Å². The Morgan fingerprint density at radius 2 is 1.96 bits per heavy atom. The maximum Gasteiger partial charge on any atom is 0.411 e. The first-order valence-corrected chi connectivity index (χ1v) is 10.3. The van der Waals surface area contributed by atoms with Gasteiger partial charge in [-0.3, -0.25) is 10.3 Å². The highest BCUT2D eigenvalue weighted by Gasteiger charge is 2.14. The van der Waals surface area contributed by atoms with Gasteiger partial charge in [-0.05, 0) is 47.3 Å². The number of methoxy groups -OCH3 is 1. The van der Waals surface area contributed by atoms with Crippen LogP contribution in [0.3, 0.4) is 0 Å². The largest absolute Gasteiger partial charge is 0.453 e. The molecular weight excluding hydrogens is 386 g/mol. The second-order valence-corrected chi connectivity index (χ2v) is 8.24. The van der Waals surface area contributed by atoms with Crippen molar-refractivity contribution in [2.24, 2.45) is 0 Å². The predicted molar refractivity (Wildman–Crippen MR) is 104 cm³/mol. The standard InChI is InChI=1S/C18H17N3O4S2/c1-25-18(22)21-15-4-6-16(7-5-15)27(23,24)20-11-13-9-14(12-19-10-13)17-3-2-8-26-17/h2-10,12,20H,11H2,1H3,(H,21,22). The number of thiophene rings is 1. The van der Waals surface area contributed by atoms with Crippen LogP contribution in [0.25, 0.3) is 10.4 Å². The number of carbonyl (C=O) groups is 1. The SMILES string of the molecule is COC(=O)Nc1ccc(S(=O)(=O)NCc2cncc(-c3cccs3)c2)cc1. The van der Waals surface area contributed by atoms with Gasteiger partial charge in [0.15, 0.2) is 0 Å². The molecule has 0 aliphatic carbocycles. The van der Waals surface area contributed by atoms with Gasteiger partial charge in [-0.15, -0.1) is 11.3 Å². The van der Waals surface area contributed by atoms with E-state index in [-0.39, 0.29) is 11.4 Å². The molecule has 140 valence electrons. The van der Waals surface area contributed by atoms with Crippen molar-refractivity contribution in [3.8, 4) is 10.4 Å². The van der Waals surface area contributed by atoms with Crippen molar-refractivity contribution < 1.29 is 17.9 Å². The van der Waals surface area contributed by atoms with Gasteiger partial charge < -0.3 is 4.74 Å². The molecule has 27 heavy (non-hydrogen) atoms. The highest BCUT2D eigenvalue weighted by atomic mass is 32.2. The summed E-state index contributed by atoms with van der Waals surface area (Å²) in [5, 5.41) is 4.44. The normalized spacial score (nSPS) is 11.1. The first-order valence-electron chi connectivity index (χ1n) is 7.90. The van der Waals surface area contributed by atoms with Gasteiger partial charge in [-0.2, -0.15) is 0 Å². The molecule has 1 amide bonds.